The molecule has 0 fully saturated rings. The third-order valence-electron chi connectivity index (χ3n) is 2.63. The fourth-order valence-corrected chi connectivity index (χ4v) is 2.45. The first-order valence-corrected chi connectivity index (χ1v) is 8.16. The van der Waals surface area contributed by atoms with Crippen LogP contribution in [0.25, 0.3) is 0 Å². The minimum absolute atomic E-state index is 0.206. The van der Waals surface area contributed by atoms with Crippen LogP contribution in [-0.2, 0) is 17.6 Å². The first kappa shape index (κ1) is 18.5. The van der Waals surface area contributed by atoms with Crippen LogP contribution >= 0.6 is 22.6 Å². The lowest BCUT2D eigenvalue weighted by Gasteiger charge is -2.13. The van der Waals surface area contributed by atoms with Gasteiger partial charge in [0.2, 0.25) is 0 Å². The molecule has 0 aliphatic heterocycles. The van der Waals surface area contributed by atoms with E-state index in [1.54, 1.807) is 0 Å². The Morgan fingerprint density at radius 3 is 2.57 bits per heavy atom. The molecule has 0 aliphatic carbocycles. The van der Waals surface area contributed by atoms with Gasteiger partial charge in [-0.05, 0) is 41.9 Å². The van der Waals surface area contributed by atoms with Crippen LogP contribution < -0.4 is 5.32 Å². The molecule has 0 amide bonds. The van der Waals surface area contributed by atoms with E-state index < -0.39 is 13.0 Å². The molecule has 0 saturated heterocycles. The third-order valence-corrected chi connectivity index (χ3v) is 3.76. The van der Waals surface area contributed by atoms with Crippen LogP contribution in [0.15, 0.2) is 0 Å². The summed E-state index contributed by atoms with van der Waals surface area (Å²) in [6.45, 7) is 6.72. The van der Waals surface area contributed by atoms with E-state index in [0.29, 0.717) is 18.2 Å². The molecule has 0 radical (unpaired) electrons. The van der Waals surface area contributed by atoms with Crippen LogP contribution in [0, 0.1) is 9.49 Å². The molecule has 1 aromatic rings. The summed E-state index contributed by atoms with van der Waals surface area (Å²) >= 11 is 2.25. The van der Waals surface area contributed by atoms with Crippen molar-refractivity contribution in [2.45, 2.75) is 40.0 Å². The van der Waals surface area contributed by atoms with Crippen LogP contribution in [-0.4, -0.2) is 36.2 Å². The summed E-state index contributed by atoms with van der Waals surface area (Å²) in [6.07, 6.45) is -1.13. The van der Waals surface area contributed by atoms with Gasteiger partial charge in [0.25, 0.3) is 6.43 Å². The molecule has 0 bridgehead atoms. The molecule has 0 saturated carbocycles. The van der Waals surface area contributed by atoms with Gasteiger partial charge >= 0.3 is 0 Å². The number of hydrogen-bond acceptors (Lipinski definition) is 4. The monoisotopic (exact) mass is 413 g/mol. The second kappa shape index (κ2) is 9.45. The van der Waals surface area contributed by atoms with Gasteiger partial charge in [0.15, 0.2) is 0 Å². The Morgan fingerprint density at radius 2 is 2.00 bits per heavy atom. The lowest BCUT2D eigenvalue weighted by molar-refractivity contribution is 0.0182. The molecule has 120 valence electrons. The van der Waals surface area contributed by atoms with E-state index in [1.807, 2.05) is 6.92 Å². The quantitative estimate of drug-likeness (QED) is 0.497. The van der Waals surface area contributed by atoms with Gasteiger partial charge in [0, 0.05) is 13.0 Å². The molecule has 0 aliphatic rings. The molecular weight excluding hydrogens is 391 g/mol. The number of nitrogens with one attached hydrogen (secondary N) is 1. The molecule has 0 unspecified atom stereocenters. The third kappa shape index (κ3) is 6.82. The topological polar surface area (TPSA) is 47.0 Å². The molecule has 0 spiro atoms. The molecule has 1 aromatic heterocycles. The van der Waals surface area contributed by atoms with Crippen molar-refractivity contribution in [1.82, 2.24) is 9.97 Å². The summed E-state index contributed by atoms with van der Waals surface area (Å²) in [7, 11) is 0. The Hall–Kier alpha value is -0.570. The molecule has 4 nitrogen and oxygen atoms in total. The molecule has 1 heterocycles. The SMILES string of the molecule is CCNc1nc(CCOCC(F)F)nc(CC(C)C)c1I. The fraction of sp³-hybridized carbons (Fsp3) is 0.714. The average Bonchev–Trinajstić information content (AvgIpc) is 2.39. The lowest BCUT2D eigenvalue weighted by Crippen LogP contribution is -2.14. The molecule has 1 N–H and O–H groups in total. The highest BCUT2D eigenvalue weighted by Crippen LogP contribution is 2.21. The van der Waals surface area contributed by atoms with E-state index in [0.717, 1.165) is 28.0 Å². The maximum Gasteiger partial charge on any atom is 0.261 e. The maximum absolute atomic E-state index is 12.0. The van der Waals surface area contributed by atoms with E-state index in [2.05, 4.69) is 51.7 Å². The average molecular weight is 413 g/mol. The minimum Gasteiger partial charge on any atom is -0.375 e. The first-order valence-electron chi connectivity index (χ1n) is 7.09. The number of alkyl halides is 2. The standard InChI is InChI=1S/C14H22F2IN3O/c1-4-18-14-13(17)10(7-9(2)3)19-12(20-14)5-6-21-8-11(15)16/h9,11H,4-8H2,1-3H3,(H,18,19,20). The van der Waals surface area contributed by atoms with Gasteiger partial charge in [-0.1, -0.05) is 13.8 Å². The summed E-state index contributed by atoms with van der Waals surface area (Å²) in [4.78, 5) is 9.00. The predicted octanol–water partition coefficient (Wildman–Crippen LogP) is 3.54. The van der Waals surface area contributed by atoms with Crippen molar-refractivity contribution in [3.05, 3.63) is 15.1 Å². The maximum atomic E-state index is 12.0. The highest BCUT2D eigenvalue weighted by Gasteiger charge is 2.13. The Balaban J connectivity index is 2.80. The Morgan fingerprint density at radius 1 is 1.29 bits per heavy atom. The number of halogens is 3. The summed E-state index contributed by atoms with van der Waals surface area (Å²) in [5.41, 5.74) is 1.00. The molecule has 7 heteroatoms. The van der Waals surface area contributed by atoms with Crippen molar-refractivity contribution in [3.63, 3.8) is 0 Å². The summed E-state index contributed by atoms with van der Waals surface area (Å²) < 4.78 is 30.0. The number of rotatable bonds is 9. The molecule has 0 aromatic carbocycles. The van der Waals surface area contributed by atoms with E-state index in [4.69, 9.17) is 4.74 Å². The highest BCUT2D eigenvalue weighted by molar-refractivity contribution is 14.1. The number of aromatic nitrogens is 2. The highest BCUT2D eigenvalue weighted by atomic mass is 127. The number of nitrogens with zero attached hydrogens (tertiary/aromatic N) is 2. The van der Waals surface area contributed by atoms with Crippen LogP contribution in [0.3, 0.4) is 0 Å². The number of anilines is 1. The van der Waals surface area contributed by atoms with Crippen molar-refractivity contribution in [2.75, 3.05) is 25.1 Å². The zero-order chi connectivity index (χ0) is 15.8. The van der Waals surface area contributed by atoms with Gasteiger partial charge in [-0.25, -0.2) is 18.7 Å². The lowest BCUT2D eigenvalue weighted by atomic mass is 10.1. The molecule has 1 rings (SSSR count). The van der Waals surface area contributed by atoms with Crippen LogP contribution in [0.4, 0.5) is 14.6 Å². The largest absolute Gasteiger partial charge is 0.375 e. The molecule has 21 heavy (non-hydrogen) atoms. The second-order valence-electron chi connectivity index (χ2n) is 5.09. The fourth-order valence-electron chi connectivity index (χ4n) is 1.80. The van der Waals surface area contributed by atoms with E-state index in [1.165, 1.54) is 0 Å². The zero-order valence-corrected chi connectivity index (χ0v) is 14.8. The normalized spacial score (nSPS) is 11.4. The van der Waals surface area contributed by atoms with Gasteiger partial charge in [0.05, 0.1) is 15.9 Å². The van der Waals surface area contributed by atoms with Crippen molar-refractivity contribution >= 4 is 28.4 Å². The van der Waals surface area contributed by atoms with Crippen molar-refractivity contribution < 1.29 is 13.5 Å². The van der Waals surface area contributed by atoms with Crippen LogP contribution in [0.1, 0.15) is 32.3 Å². The van der Waals surface area contributed by atoms with Gasteiger partial charge in [-0.15, -0.1) is 0 Å². The van der Waals surface area contributed by atoms with E-state index >= 15 is 0 Å². The zero-order valence-electron chi connectivity index (χ0n) is 12.6. The summed E-state index contributed by atoms with van der Waals surface area (Å²) in [5.74, 6) is 1.94. The van der Waals surface area contributed by atoms with Gasteiger partial charge in [-0.3, -0.25) is 0 Å². The minimum atomic E-state index is -2.43. The Kier molecular flexibility index (Phi) is 8.31. The Bertz CT molecular complexity index is 444. The molecular formula is C14H22F2IN3O. The number of ether oxygens (including phenoxy) is 1. The van der Waals surface area contributed by atoms with E-state index in [9.17, 15) is 8.78 Å². The number of hydrogen-bond donors (Lipinski definition) is 1. The van der Waals surface area contributed by atoms with Gasteiger partial charge in [-0.2, -0.15) is 0 Å². The first-order chi connectivity index (χ1) is 9.93. The second-order valence-corrected chi connectivity index (χ2v) is 6.17. The summed E-state index contributed by atoms with van der Waals surface area (Å²) in [5, 5.41) is 3.22. The predicted molar refractivity (Wildman–Crippen MR) is 88.0 cm³/mol. The van der Waals surface area contributed by atoms with E-state index in [-0.39, 0.29) is 6.61 Å². The Labute approximate surface area is 138 Å². The molecule has 0 atom stereocenters. The van der Waals surface area contributed by atoms with Gasteiger partial charge in [0.1, 0.15) is 18.2 Å². The van der Waals surface area contributed by atoms with Crippen molar-refractivity contribution in [2.24, 2.45) is 5.92 Å². The van der Waals surface area contributed by atoms with Crippen molar-refractivity contribution in [3.8, 4) is 0 Å². The van der Waals surface area contributed by atoms with Gasteiger partial charge < -0.3 is 10.1 Å². The summed E-state index contributed by atoms with van der Waals surface area (Å²) in [6, 6.07) is 0. The van der Waals surface area contributed by atoms with Crippen LogP contribution in [0.5, 0.6) is 0 Å². The smallest absolute Gasteiger partial charge is 0.261 e. The van der Waals surface area contributed by atoms with Crippen molar-refractivity contribution in [1.29, 1.82) is 0 Å². The van der Waals surface area contributed by atoms with Crippen LogP contribution in [0.2, 0.25) is 0 Å².